The molecule has 0 fully saturated rings. The van der Waals surface area contributed by atoms with Gasteiger partial charge in [0.2, 0.25) is 0 Å². The topological polar surface area (TPSA) is 21.3 Å². The molecule has 18 heavy (non-hydrogen) atoms. The van der Waals surface area contributed by atoms with Crippen LogP contribution in [0.3, 0.4) is 0 Å². The van der Waals surface area contributed by atoms with E-state index in [1.54, 1.807) is 0 Å². The Labute approximate surface area is 112 Å². The summed E-state index contributed by atoms with van der Waals surface area (Å²) >= 11 is 6.00. The average molecular weight is 260 g/mol. The van der Waals surface area contributed by atoms with Crippen molar-refractivity contribution in [1.82, 2.24) is 0 Å². The number of anilines is 1. The summed E-state index contributed by atoms with van der Waals surface area (Å²) in [6.07, 6.45) is 0. The van der Waals surface area contributed by atoms with Gasteiger partial charge in [0.05, 0.1) is 11.7 Å². The zero-order valence-electron chi connectivity index (χ0n) is 10.1. The van der Waals surface area contributed by atoms with Crippen LogP contribution in [0.5, 0.6) is 5.75 Å². The third kappa shape index (κ3) is 2.16. The number of halogens is 1. The minimum Gasteiger partial charge on any atom is -0.489 e. The molecule has 1 atom stereocenters. The molecule has 2 aromatic carbocycles. The van der Waals surface area contributed by atoms with Crippen molar-refractivity contribution in [2.75, 3.05) is 11.9 Å². The summed E-state index contributed by atoms with van der Waals surface area (Å²) in [4.78, 5) is 0. The van der Waals surface area contributed by atoms with Crippen LogP contribution >= 0.6 is 11.6 Å². The monoisotopic (exact) mass is 259 g/mol. The Bertz CT molecular complexity index is 565. The molecule has 0 unspecified atom stereocenters. The lowest BCUT2D eigenvalue weighted by Gasteiger charge is -2.28. The van der Waals surface area contributed by atoms with Crippen LogP contribution in [0.25, 0.3) is 0 Å². The van der Waals surface area contributed by atoms with E-state index in [1.807, 2.05) is 18.2 Å². The molecule has 92 valence electrons. The van der Waals surface area contributed by atoms with Crippen molar-refractivity contribution in [1.29, 1.82) is 0 Å². The fraction of sp³-hybridized carbons (Fsp3) is 0.200. The van der Waals surface area contributed by atoms with Crippen LogP contribution in [0, 0.1) is 6.92 Å². The Morgan fingerprint density at radius 1 is 1.17 bits per heavy atom. The molecular weight excluding hydrogens is 246 g/mol. The Kier molecular flexibility index (Phi) is 2.88. The van der Waals surface area contributed by atoms with Gasteiger partial charge in [0.25, 0.3) is 0 Å². The number of hydrogen-bond donors (Lipinski definition) is 1. The number of rotatable bonds is 1. The van der Waals surface area contributed by atoms with E-state index in [-0.39, 0.29) is 6.04 Å². The van der Waals surface area contributed by atoms with Crippen molar-refractivity contribution in [3.63, 3.8) is 0 Å². The first-order chi connectivity index (χ1) is 8.72. The summed E-state index contributed by atoms with van der Waals surface area (Å²) in [7, 11) is 0. The highest BCUT2D eigenvalue weighted by Gasteiger charge is 2.20. The molecule has 3 rings (SSSR count). The van der Waals surface area contributed by atoms with Gasteiger partial charge in [-0.1, -0.05) is 41.4 Å². The molecule has 3 heteroatoms. The average Bonchev–Trinajstić information content (AvgIpc) is 2.38. The highest BCUT2D eigenvalue weighted by molar-refractivity contribution is 6.30. The standard InChI is InChI=1S/C15H14ClNO/c1-10-2-4-11(5-3-10)14-9-18-15-7-6-12(16)8-13(15)17-14/h2-8,14,17H,9H2,1H3/t14-/m1/s1. The molecule has 2 aromatic rings. The molecule has 1 aliphatic heterocycles. The third-order valence-corrected chi connectivity index (χ3v) is 3.39. The molecule has 1 N–H and O–H groups in total. The number of nitrogens with one attached hydrogen (secondary N) is 1. The van der Waals surface area contributed by atoms with E-state index < -0.39 is 0 Å². The number of aryl methyl sites for hydroxylation is 1. The minimum absolute atomic E-state index is 0.177. The summed E-state index contributed by atoms with van der Waals surface area (Å²) < 4.78 is 5.75. The summed E-state index contributed by atoms with van der Waals surface area (Å²) in [5.41, 5.74) is 3.45. The summed E-state index contributed by atoms with van der Waals surface area (Å²) in [6, 6.07) is 14.3. The van der Waals surface area contributed by atoms with E-state index in [2.05, 4.69) is 36.5 Å². The van der Waals surface area contributed by atoms with Crippen LogP contribution in [0.1, 0.15) is 17.2 Å². The van der Waals surface area contributed by atoms with Crippen LogP contribution in [0.15, 0.2) is 42.5 Å². The van der Waals surface area contributed by atoms with Gasteiger partial charge in [-0.05, 0) is 30.7 Å². The van der Waals surface area contributed by atoms with Gasteiger partial charge >= 0.3 is 0 Å². The first kappa shape index (κ1) is 11.4. The van der Waals surface area contributed by atoms with Gasteiger partial charge in [-0.2, -0.15) is 0 Å². The normalized spacial score (nSPS) is 17.6. The van der Waals surface area contributed by atoms with Crippen LogP contribution in [-0.4, -0.2) is 6.61 Å². The zero-order valence-corrected chi connectivity index (χ0v) is 10.9. The quantitative estimate of drug-likeness (QED) is 0.829. The molecule has 0 spiro atoms. The maximum atomic E-state index is 6.00. The lowest BCUT2D eigenvalue weighted by atomic mass is 10.0. The summed E-state index contributed by atoms with van der Waals surface area (Å²) in [5.74, 6) is 0.864. The second-order valence-corrected chi connectivity index (χ2v) is 5.00. The maximum absolute atomic E-state index is 6.00. The molecule has 0 saturated heterocycles. The van der Waals surface area contributed by atoms with Crippen LogP contribution < -0.4 is 10.1 Å². The first-order valence-electron chi connectivity index (χ1n) is 5.98. The molecule has 0 radical (unpaired) electrons. The van der Waals surface area contributed by atoms with E-state index >= 15 is 0 Å². The fourth-order valence-electron chi connectivity index (χ4n) is 2.12. The number of ether oxygens (including phenoxy) is 1. The highest BCUT2D eigenvalue weighted by atomic mass is 35.5. The van der Waals surface area contributed by atoms with Crippen molar-refractivity contribution in [2.24, 2.45) is 0 Å². The zero-order chi connectivity index (χ0) is 12.5. The summed E-state index contributed by atoms with van der Waals surface area (Å²) in [6.45, 7) is 2.72. The second kappa shape index (κ2) is 4.54. The van der Waals surface area contributed by atoms with Crippen LogP contribution in [-0.2, 0) is 0 Å². The van der Waals surface area contributed by atoms with Gasteiger partial charge in [0.15, 0.2) is 0 Å². The minimum atomic E-state index is 0.177. The molecule has 0 saturated carbocycles. The number of fused-ring (bicyclic) bond motifs is 1. The van der Waals surface area contributed by atoms with Crippen molar-refractivity contribution < 1.29 is 4.74 Å². The van der Waals surface area contributed by atoms with Gasteiger partial charge in [-0.3, -0.25) is 0 Å². The van der Waals surface area contributed by atoms with E-state index in [0.717, 1.165) is 16.5 Å². The summed E-state index contributed by atoms with van der Waals surface area (Å²) in [5, 5.41) is 4.18. The number of benzene rings is 2. The second-order valence-electron chi connectivity index (χ2n) is 4.56. The van der Waals surface area contributed by atoms with Gasteiger partial charge in [0, 0.05) is 5.02 Å². The smallest absolute Gasteiger partial charge is 0.142 e. The Morgan fingerprint density at radius 3 is 2.72 bits per heavy atom. The number of hydrogen-bond acceptors (Lipinski definition) is 2. The van der Waals surface area contributed by atoms with E-state index in [4.69, 9.17) is 16.3 Å². The molecule has 0 aliphatic carbocycles. The predicted molar refractivity (Wildman–Crippen MR) is 74.5 cm³/mol. The van der Waals surface area contributed by atoms with Crippen molar-refractivity contribution in [3.8, 4) is 5.75 Å². The van der Waals surface area contributed by atoms with Gasteiger partial charge in [0.1, 0.15) is 12.4 Å². The molecule has 0 bridgehead atoms. The van der Waals surface area contributed by atoms with E-state index in [1.165, 1.54) is 11.1 Å². The molecule has 0 aromatic heterocycles. The Hall–Kier alpha value is -1.67. The van der Waals surface area contributed by atoms with E-state index in [9.17, 15) is 0 Å². The van der Waals surface area contributed by atoms with Crippen molar-refractivity contribution in [2.45, 2.75) is 13.0 Å². The van der Waals surface area contributed by atoms with Gasteiger partial charge in [-0.25, -0.2) is 0 Å². The van der Waals surface area contributed by atoms with Crippen LogP contribution in [0.4, 0.5) is 5.69 Å². The lowest BCUT2D eigenvalue weighted by Crippen LogP contribution is -2.23. The van der Waals surface area contributed by atoms with Crippen molar-refractivity contribution in [3.05, 3.63) is 58.6 Å². The molecular formula is C15H14ClNO. The Balaban J connectivity index is 1.88. The molecule has 0 amide bonds. The predicted octanol–water partition coefficient (Wildman–Crippen LogP) is 4.19. The Morgan fingerprint density at radius 2 is 1.94 bits per heavy atom. The van der Waals surface area contributed by atoms with Gasteiger partial charge in [-0.15, -0.1) is 0 Å². The van der Waals surface area contributed by atoms with Crippen LogP contribution in [0.2, 0.25) is 5.02 Å². The van der Waals surface area contributed by atoms with E-state index in [0.29, 0.717) is 6.61 Å². The lowest BCUT2D eigenvalue weighted by molar-refractivity contribution is 0.286. The highest BCUT2D eigenvalue weighted by Crippen LogP contribution is 2.35. The van der Waals surface area contributed by atoms with Crippen molar-refractivity contribution >= 4 is 17.3 Å². The molecule has 1 heterocycles. The fourth-order valence-corrected chi connectivity index (χ4v) is 2.29. The van der Waals surface area contributed by atoms with Gasteiger partial charge < -0.3 is 10.1 Å². The molecule has 1 aliphatic rings. The SMILES string of the molecule is Cc1ccc([C@H]2COc3ccc(Cl)cc3N2)cc1. The molecule has 2 nitrogen and oxygen atoms in total. The maximum Gasteiger partial charge on any atom is 0.142 e. The third-order valence-electron chi connectivity index (χ3n) is 3.16. The largest absolute Gasteiger partial charge is 0.489 e. The first-order valence-corrected chi connectivity index (χ1v) is 6.35.